The zero-order valence-electron chi connectivity index (χ0n) is 16.5. The number of aromatic nitrogens is 1. The molecule has 0 aliphatic rings. The monoisotopic (exact) mass is 414 g/mol. The second-order valence-corrected chi connectivity index (χ2v) is 8.49. The molecule has 9 heteroatoms. The van der Waals surface area contributed by atoms with Crippen LogP contribution in [0.4, 0.5) is 17.1 Å². The smallest absolute Gasteiger partial charge is 0.253 e. The molecule has 3 aromatic rings. The summed E-state index contributed by atoms with van der Waals surface area (Å²) < 4.78 is 14.0. The lowest BCUT2D eigenvalue weighted by molar-refractivity contribution is 0.460. The molecule has 3 rings (SSSR count). The number of rotatable bonds is 7. The van der Waals surface area contributed by atoms with Crippen LogP contribution < -0.4 is 21.5 Å². The van der Waals surface area contributed by atoms with Gasteiger partial charge in [0.25, 0.3) is 10.9 Å². The molecule has 1 heterocycles. The summed E-state index contributed by atoms with van der Waals surface area (Å²) in [5, 5.41) is 16.5. The van der Waals surface area contributed by atoms with Crippen LogP contribution in [0.2, 0.25) is 0 Å². The molecule has 0 aliphatic heterocycles. The van der Waals surface area contributed by atoms with E-state index in [0.717, 1.165) is 5.56 Å². The van der Waals surface area contributed by atoms with Gasteiger partial charge in [0.15, 0.2) is 5.75 Å². The van der Waals surface area contributed by atoms with Crippen molar-refractivity contribution in [3.63, 3.8) is 0 Å². The van der Waals surface area contributed by atoms with Gasteiger partial charge in [-0.2, -0.15) is 0 Å². The Bertz CT molecular complexity index is 1140. The van der Waals surface area contributed by atoms with Crippen LogP contribution in [0, 0.1) is 6.92 Å². The Morgan fingerprint density at radius 1 is 1.07 bits per heavy atom. The van der Waals surface area contributed by atoms with Crippen molar-refractivity contribution in [3.8, 4) is 5.75 Å². The zero-order chi connectivity index (χ0) is 21.3. The molecule has 29 heavy (non-hydrogen) atoms. The highest BCUT2D eigenvalue weighted by Crippen LogP contribution is 2.36. The maximum absolute atomic E-state index is 12.5. The van der Waals surface area contributed by atoms with E-state index in [1.807, 2.05) is 19.1 Å². The van der Waals surface area contributed by atoms with E-state index in [1.165, 1.54) is 4.31 Å². The normalized spacial score (nSPS) is 13.4. The van der Waals surface area contributed by atoms with Crippen LogP contribution in [0.15, 0.2) is 51.1 Å². The Labute approximate surface area is 170 Å². The third kappa shape index (κ3) is 3.92. The Hall–Kier alpha value is -3.04. The maximum atomic E-state index is 12.5. The highest BCUT2D eigenvalue weighted by atomic mass is 32.2. The number of hydrogen-bond donors (Lipinski definition) is 3. The molecule has 0 amide bonds. The number of anilines is 3. The first-order valence-corrected chi connectivity index (χ1v) is 10.0. The quantitative estimate of drug-likeness (QED) is 0.401. The van der Waals surface area contributed by atoms with Gasteiger partial charge in [-0.15, -0.1) is 0 Å². The summed E-state index contributed by atoms with van der Waals surface area (Å²) in [5.41, 5.74) is 0.663. The molecule has 2 unspecified atom stereocenters. The summed E-state index contributed by atoms with van der Waals surface area (Å²) >= 11 is 0. The molecular formula is C20H22N4O4S. The van der Waals surface area contributed by atoms with E-state index in [-0.39, 0.29) is 33.7 Å². The first-order chi connectivity index (χ1) is 13.7. The molecule has 0 radical (unpaired) electrons. The van der Waals surface area contributed by atoms with Gasteiger partial charge >= 0.3 is 0 Å². The number of benzene rings is 1. The number of nitrogens with zero attached hydrogens (tertiary/aromatic N) is 2. The van der Waals surface area contributed by atoms with Crippen molar-refractivity contribution in [2.75, 3.05) is 24.7 Å². The molecule has 0 spiro atoms. The lowest BCUT2D eigenvalue weighted by Crippen LogP contribution is -2.37. The van der Waals surface area contributed by atoms with E-state index in [1.54, 1.807) is 45.5 Å². The minimum Gasteiger partial charge on any atom is -0.505 e. The lowest BCUT2D eigenvalue weighted by atomic mass is 10.1. The van der Waals surface area contributed by atoms with Crippen LogP contribution in [0.25, 0.3) is 0 Å². The Morgan fingerprint density at radius 2 is 1.69 bits per heavy atom. The minimum absolute atomic E-state index is 0.0663. The second kappa shape index (κ2) is 8.14. The second-order valence-electron chi connectivity index (χ2n) is 6.85. The number of pyridine rings is 1. The molecule has 2 atom stereocenters. The van der Waals surface area contributed by atoms with E-state index >= 15 is 0 Å². The van der Waals surface area contributed by atoms with Crippen molar-refractivity contribution in [3.05, 3.63) is 68.2 Å². The molecule has 2 aromatic carbocycles. The molecule has 152 valence electrons. The SMILES string of the molecule is Cc1ccc(Nc2c(NC(C)c3ccncc3)c(=O)c2=O)c(O)c1S(=O)N(C)C. The standard InChI is InChI=1S/C20H22N4O4S/c1-11-5-6-14(17(25)20(11)29(28)24(3)4)23-16-15(18(26)19(16)27)22-12(2)13-7-9-21-10-8-13/h5-10,12,22-23,25H,1-4H3. The van der Waals surface area contributed by atoms with E-state index in [0.29, 0.717) is 5.56 Å². The Balaban J connectivity index is 1.92. The van der Waals surface area contributed by atoms with Gasteiger partial charge < -0.3 is 15.7 Å². The van der Waals surface area contributed by atoms with Gasteiger partial charge in [-0.05, 0) is 57.3 Å². The fraction of sp³-hybridized carbons (Fsp3) is 0.250. The van der Waals surface area contributed by atoms with E-state index in [2.05, 4.69) is 15.6 Å². The van der Waals surface area contributed by atoms with Crippen molar-refractivity contribution in [2.24, 2.45) is 0 Å². The van der Waals surface area contributed by atoms with Crippen LogP contribution in [-0.2, 0) is 11.0 Å². The van der Waals surface area contributed by atoms with Gasteiger partial charge in [-0.25, -0.2) is 8.51 Å². The zero-order valence-corrected chi connectivity index (χ0v) is 17.3. The Morgan fingerprint density at radius 3 is 2.31 bits per heavy atom. The lowest BCUT2D eigenvalue weighted by Gasteiger charge is -2.21. The maximum Gasteiger partial charge on any atom is 0.253 e. The first-order valence-electron chi connectivity index (χ1n) is 8.91. The fourth-order valence-electron chi connectivity index (χ4n) is 2.91. The van der Waals surface area contributed by atoms with Crippen LogP contribution in [0.3, 0.4) is 0 Å². The summed E-state index contributed by atoms with van der Waals surface area (Å²) in [5.74, 6) is -0.224. The highest BCUT2D eigenvalue weighted by Gasteiger charge is 2.25. The highest BCUT2D eigenvalue weighted by molar-refractivity contribution is 7.82. The van der Waals surface area contributed by atoms with Gasteiger partial charge in [0.1, 0.15) is 27.3 Å². The molecule has 0 saturated carbocycles. The third-order valence-corrected chi connectivity index (χ3v) is 6.10. The summed E-state index contributed by atoms with van der Waals surface area (Å²) in [4.78, 5) is 28.4. The number of hydrogen-bond acceptors (Lipinski definition) is 7. The number of nitrogens with one attached hydrogen (secondary N) is 2. The van der Waals surface area contributed by atoms with Crippen LogP contribution in [0.5, 0.6) is 5.75 Å². The summed E-state index contributed by atoms with van der Waals surface area (Å²) in [7, 11) is 1.69. The van der Waals surface area contributed by atoms with Gasteiger partial charge in [-0.1, -0.05) is 6.07 Å². The number of aromatic hydroxyl groups is 1. The molecule has 0 bridgehead atoms. The van der Waals surface area contributed by atoms with E-state index in [4.69, 9.17) is 0 Å². The predicted molar refractivity (Wildman–Crippen MR) is 114 cm³/mol. The van der Waals surface area contributed by atoms with Crippen LogP contribution in [0.1, 0.15) is 24.1 Å². The number of aryl methyl sites for hydroxylation is 1. The average Bonchev–Trinajstić information content (AvgIpc) is 2.71. The molecule has 3 N–H and O–H groups in total. The van der Waals surface area contributed by atoms with Crippen molar-refractivity contribution in [1.82, 2.24) is 9.29 Å². The summed E-state index contributed by atoms with van der Waals surface area (Å²) in [6, 6.07) is 6.66. The predicted octanol–water partition coefficient (Wildman–Crippen LogP) is 2.19. The summed E-state index contributed by atoms with van der Waals surface area (Å²) in [6.45, 7) is 3.60. The molecular weight excluding hydrogens is 392 g/mol. The number of phenolic OH excluding ortho intramolecular Hbond substituents is 1. The van der Waals surface area contributed by atoms with Crippen molar-refractivity contribution < 1.29 is 9.32 Å². The Kier molecular flexibility index (Phi) is 5.81. The fourth-order valence-corrected chi connectivity index (χ4v) is 3.90. The van der Waals surface area contributed by atoms with Gasteiger partial charge in [-0.3, -0.25) is 14.6 Å². The van der Waals surface area contributed by atoms with Gasteiger partial charge in [0, 0.05) is 18.4 Å². The molecule has 0 fully saturated rings. The van der Waals surface area contributed by atoms with E-state index < -0.39 is 21.8 Å². The number of phenols is 1. The first kappa shape index (κ1) is 20.7. The van der Waals surface area contributed by atoms with Gasteiger partial charge in [0.2, 0.25) is 0 Å². The minimum atomic E-state index is -1.57. The molecule has 0 aliphatic carbocycles. The van der Waals surface area contributed by atoms with Crippen molar-refractivity contribution in [1.29, 1.82) is 0 Å². The summed E-state index contributed by atoms with van der Waals surface area (Å²) in [6.07, 6.45) is 3.29. The average molecular weight is 414 g/mol. The molecule has 8 nitrogen and oxygen atoms in total. The largest absolute Gasteiger partial charge is 0.505 e. The van der Waals surface area contributed by atoms with Crippen molar-refractivity contribution in [2.45, 2.75) is 24.8 Å². The molecule has 0 saturated heterocycles. The third-order valence-electron chi connectivity index (χ3n) is 4.57. The van der Waals surface area contributed by atoms with Crippen molar-refractivity contribution >= 4 is 28.0 Å². The van der Waals surface area contributed by atoms with Crippen LogP contribution in [-0.4, -0.2) is 32.7 Å². The van der Waals surface area contributed by atoms with Crippen LogP contribution >= 0.6 is 0 Å². The molecule has 1 aromatic heterocycles. The topological polar surface area (TPSA) is 112 Å². The van der Waals surface area contributed by atoms with Gasteiger partial charge in [0.05, 0.1) is 5.69 Å². The van der Waals surface area contributed by atoms with E-state index in [9.17, 15) is 18.9 Å².